The normalized spacial score (nSPS) is 22.2. The number of carbonyl (C=O) groups is 1. The summed E-state index contributed by atoms with van der Waals surface area (Å²) in [4.78, 5) is 29.1. The van der Waals surface area contributed by atoms with Gasteiger partial charge in [0.05, 0.1) is 5.92 Å². The highest BCUT2D eigenvalue weighted by Crippen LogP contribution is 2.25. The lowest BCUT2D eigenvalue weighted by molar-refractivity contribution is -0.136. The van der Waals surface area contributed by atoms with E-state index in [0.29, 0.717) is 0 Å². The molecule has 3 saturated heterocycles. The van der Waals surface area contributed by atoms with E-state index in [2.05, 4.69) is 53.8 Å². The van der Waals surface area contributed by atoms with Gasteiger partial charge in [-0.2, -0.15) is 0 Å². The van der Waals surface area contributed by atoms with Gasteiger partial charge in [-0.05, 0) is 43.7 Å². The highest BCUT2D eigenvalue weighted by atomic mass is 16.2. The van der Waals surface area contributed by atoms with E-state index in [0.717, 1.165) is 102 Å². The molecule has 0 aliphatic carbocycles. The summed E-state index contributed by atoms with van der Waals surface area (Å²) in [5.74, 6) is 3.14. The molecule has 0 radical (unpaired) electrons. The fourth-order valence-corrected chi connectivity index (χ4v) is 5.29. The average Bonchev–Trinajstić information content (AvgIpc) is 2.93. The van der Waals surface area contributed by atoms with Gasteiger partial charge in [0.15, 0.2) is 11.6 Å². The van der Waals surface area contributed by atoms with Crippen LogP contribution in [0.25, 0.3) is 0 Å². The lowest BCUT2D eigenvalue weighted by Crippen LogP contribution is -2.52. The largest absolute Gasteiger partial charge is 0.354 e. The van der Waals surface area contributed by atoms with Crippen LogP contribution >= 0.6 is 0 Å². The maximum absolute atomic E-state index is 13.3. The molecule has 0 aromatic carbocycles. The summed E-state index contributed by atoms with van der Waals surface area (Å²) in [6.07, 6.45) is 3.78. The van der Waals surface area contributed by atoms with Crippen LogP contribution in [0.4, 0.5) is 17.5 Å². The number of rotatable bonds is 5. The van der Waals surface area contributed by atoms with E-state index in [4.69, 9.17) is 0 Å². The Kier molecular flexibility index (Phi) is 7.08. The second kappa shape index (κ2) is 10.5. The Hall–Kier alpha value is -2.94. The number of piperazine rings is 2. The summed E-state index contributed by atoms with van der Waals surface area (Å²) in [7, 11) is 0. The Balaban J connectivity index is 1.15. The molecule has 3 fully saturated rings. The number of hydrogen-bond donors (Lipinski definition) is 0. The molecule has 2 aromatic rings. The lowest BCUT2D eigenvalue weighted by Gasteiger charge is -2.39. The zero-order chi connectivity index (χ0) is 23.3. The Morgan fingerprint density at radius 2 is 1.50 bits per heavy atom. The fourth-order valence-electron chi connectivity index (χ4n) is 5.29. The van der Waals surface area contributed by atoms with Crippen LogP contribution in [0.1, 0.15) is 19.8 Å². The monoisotopic (exact) mass is 464 g/mol. The molecule has 182 valence electrons. The van der Waals surface area contributed by atoms with Crippen molar-refractivity contribution in [2.75, 3.05) is 86.7 Å². The first kappa shape index (κ1) is 22.8. The molecule has 1 amide bonds. The molecular weight excluding hydrogens is 428 g/mol. The summed E-state index contributed by atoms with van der Waals surface area (Å²) in [5.41, 5.74) is 0. The van der Waals surface area contributed by atoms with Gasteiger partial charge in [-0.3, -0.25) is 4.79 Å². The molecule has 5 rings (SSSR count). The molecule has 5 heterocycles. The number of piperidine rings is 1. The van der Waals surface area contributed by atoms with Gasteiger partial charge in [0.25, 0.3) is 0 Å². The second-order valence-electron chi connectivity index (χ2n) is 9.46. The van der Waals surface area contributed by atoms with Crippen molar-refractivity contribution in [2.24, 2.45) is 5.92 Å². The summed E-state index contributed by atoms with van der Waals surface area (Å²) < 4.78 is 0. The molecule has 0 spiro atoms. The number of pyridine rings is 1. The quantitative estimate of drug-likeness (QED) is 0.661. The van der Waals surface area contributed by atoms with Gasteiger partial charge in [-0.1, -0.05) is 13.0 Å². The van der Waals surface area contributed by atoms with Gasteiger partial charge < -0.3 is 24.5 Å². The van der Waals surface area contributed by atoms with Gasteiger partial charge in [-0.15, -0.1) is 10.2 Å². The van der Waals surface area contributed by atoms with Crippen LogP contribution in [0.5, 0.6) is 0 Å². The van der Waals surface area contributed by atoms with Crippen LogP contribution in [-0.2, 0) is 4.79 Å². The SMILES string of the molecule is CCN1CCN(c2ccc(N3CCCC(C(=O)N4CCN(c5ccccn5)CC4)C3)nn2)CC1. The summed E-state index contributed by atoms with van der Waals surface area (Å²) >= 11 is 0. The molecule has 9 heteroatoms. The van der Waals surface area contributed by atoms with Gasteiger partial charge >= 0.3 is 0 Å². The molecule has 1 atom stereocenters. The first-order chi connectivity index (χ1) is 16.7. The van der Waals surface area contributed by atoms with Crippen LogP contribution in [0, 0.1) is 5.92 Å². The van der Waals surface area contributed by atoms with Gasteiger partial charge in [-0.25, -0.2) is 4.98 Å². The van der Waals surface area contributed by atoms with E-state index in [1.807, 2.05) is 29.3 Å². The van der Waals surface area contributed by atoms with Crippen molar-refractivity contribution in [2.45, 2.75) is 19.8 Å². The lowest BCUT2D eigenvalue weighted by atomic mass is 9.96. The minimum atomic E-state index is 0.0266. The Bertz CT molecular complexity index is 924. The molecule has 34 heavy (non-hydrogen) atoms. The maximum Gasteiger partial charge on any atom is 0.227 e. The second-order valence-corrected chi connectivity index (χ2v) is 9.46. The third kappa shape index (κ3) is 5.09. The minimum Gasteiger partial charge on any atom is -0.354 e. The average molecular weight is 465 g/mol. The van der Waals surface area contributed by atoms with Crippen LogP contribution in [0.2, 0.25) is 0 Å². The van der Waals surface area contributed by atoms with E-state index < -0.39 is 0 Å². The van der Waals surface area contributed by atoms with E-state index >= 15 is 0 Å². The predicted molar refractivity (Wildman–Crippen MR) is 134 cm³/mol. The number of hydrogen-bond acceptors (Lipinski definition) is 8. The Labute approximate surface area is 202 Å². The maximum atomic E-state index is 13.3. The highest BCUT2D eigenvalue weighted by molar-refractivity contribution is 5.80. The zero-order valence-corrected chi connectivity index (χ0v) is 20.2. The van der Waals surface area contributed by atoms with Crippen LogP contribution < -0.4 is 14.7 Å². The van der Waals surface area contributed by atoms with Gasteiger partial charge in [0, 0.05) is 71.6 Å². The molecular formula is C25H36N8O. The Morgan fingerprint density at radius 3 is 2.15 bits per heavy atom. The highest BCUT2D eigenvalue weighted by Gasteiger charge is 2.32. The number of likely N-dealkylation sites (N-methyl/N-ethyl adjacent to an activating group) is 1. The standard InChI is InChI=1S/C25H36N8O/c1-2-29-12-14-31(15-13-29)23-8-9-24(28-27-23)33-11-5-6-21(20-33)25(34)32-18-16-30(17-19-32)22-7-3-4-10-26-22/h3-4,7-10,21H,2,5-6,11-20H2,1H3. The molecule has 3 aliphatic rings. The molecule has 1 unspecified atom stereocenters. The van der Waals surface area contributed by atoms with Crippen molar-refractivity contribution in [3.05, 3.63) is 36.5 Å². The number of amides is 1. The first-order valence-electron chi connectivity index (χ1n) is 12.7. The summed E-state index contributed by atoms with van der Waals surface area (Å²) in [6, 6.07) is 10.1. The van der Waals surface area contributed by atoms with Crippen molar-refractivity contribution in [3.63, 3.8) is 0 Å². The van der Waals surface area contributed by atoms with Crippen molar-refractivity contribution in [1.82, 2.24) is 25.0 Å². The number of aromatic nitrogens is 3. The summed E-state index contributed by atoms with van der Waals surface area (Å²) in [5, 5.41) is 9.08. The third-order valence-electron chi connectivity index (χ3n) is 7.44. The number of nitrogens with zero attached hydrogens (tertiary/aromatic N) is 8. The predicted octanol–water partition coefficient (Wildman–Crippen LogP) is 1.58. The minimum absolute atomic E-state index is 0.0266. The molecule has 9 nitrogen and oxygen atoms in total. The zero-order valence-electron chi connectivity index (χ0n) is 20.2. The van der Waals surface area contributed by atoms with Crippen molar-refractivity contribution in [3.8, 4) is 0 Å². The van der Waals surface area contributed by atoms with Crippen LogP contribution in [-0.4, -0.2) is 103 Å². The topological polar surface area (TPSA) is 71.9 Å². The van der Waals surface area contributed by atoms with Crippen molar-refractivity contribution < 1.29 is 4.79 Å². The van der Waals surface area contributed by atoms with Crippen LogP contribution in [0.15, 0.2) is 36.5 Å². The first-order valence-corrected chi connectivity index (χ1v) is 12.7. The van der Waals surface area contributed by atoms with Crippen LogP contribution in [0.3, 0.4) is 0 Å². The third-order valence-corrected chi connectivity index (χ3v) is 7.44. The molecule has 0 N–H and O–H groups in total. The van der Waals surface area contributed by atoms with Gasteiger partial charge in [0.2, 0.25) is 5.91 Å². The fraction of sp³-hybridized carbons (Fsp3) is 0.600. The van der Waals surface area contributed by atoms with Crippen molar-refractivity contribution in [1.29, 1.82) is 0 Å². The smallest absolute Gasteiger partial charge is 0.227 e. The Morgan fingerprint density at radius 1 is 0.824 bits per heavy atom. The molecule has 3 aliphatic heterocycles. The van der Waals surface area contributed by atoms with E-state index in [9.17, 15) is 4.79 Å². The molecule has 0 bridgehead atoms. The number of anilines is 3. The number of carbonyl (C=O) groups excluding carboxylic acids is 1. The van der Waals surface area contributed by atoms with E-state index in [1.165, 1.54) is 0 Å². The van der Waals surface area contributed by atoms with E-state index in [1.54, 1.807) is 0 Å². The van der Waals surface area contributed by atoms with Crippen molar-refractivity contribution >= 4 is 23.4 Å². The molecule has 2 aromatic heterocycles. The molecule has 0 saturated carbocycles. The summed E-state index contributed by atoms with van der Waals surface area (Å²) in [6.45, 7) is 12.3. The van der Waals surface area contributed by atoms with E-state index in [-0.39, 0.29) is 11.8 Å². The van der Waals surface area contributed by atoms with Gasteiger partial charge in [0.1, 0.15) is 5.82 Å².